The summed E-state index contributed by atoms with van der Waals surface area (Å²) in [5.74, 6) is 0. The van der Waals surface area contributed by atoms with Gasteiger partial charge in [-0.05, 0) is 18.4 Å². The molecular formula is C17H23N3O4S. The number of amides is 2. The van der Waals surface area contributed by atoms with Crippen LogP contribution in [0.15, 0.2) is 30.3 Å². The second-order valence-electron chi connectivity index (χ2n) is 7.18. The van der Waals surface area contributed by atoms with Crippen molar-refractivity contribution in [2.24, 2.45) is 0 Å². The number of nitrogens with one attached hydrogen (secondary N) is 1. The zero-order chi connectivity index (χ0) is 17.7. The van der Waals surface area contributed by atoms with Crippen LogP contribution in [0.1, 0.15) is 12.0 Å². The van der Waals surface area contributed by atoms with Crippen molar-refractivity contribution in [3.8, 4) is 0 Å². The van der Waals surface area contributed by atoms with Crippen LogP contribution in [0.5, 0.6) is 0 Å². The molecule has 0 aromatic heterocycles. The molecule has 1 N–H and O–H groups in total. The van der Waals surface area contributed by atoms with E-state index >= 15 is 0 Å². The molecule has 7 nitrogen and oxygen atoms in total. The molecule has 0 unspecified atom stereocenters. The SMILES string of the molecule is CN1C[C@@]23CN(C(=O)NCCc4ccccc4)C[C@@H](C[C@@H]2S1(=O)=O)O3. The van der Waals surface area contributed by atoms with Crippen molar-refractivity contribution < 1.29 is 17.9 Å². The van der Waals surface area contributed by atoms with E-state index in [0.29, 0.717) is 32.6 Å². The van der Waals surface area contributed by atoms with Crippen molar-refractivity contribution in [1.29, 1.82) is 0 Å². The first-order valence-corrected chi connectivity index (χ1v) is 10.1. The zero-order valence-corrected chi connectivity index (χ0v) is 15.0. The van der Waals surface area contributed by atoms with Gasteiger partial charge in [0.05, 0.1) is 12.6 Å². The van der Waals surface area contributed by atoms with Gasteiger partial charge in [0, 0.05) is 26.7 Å². The molecule has 136 valence electrons. The molecule has 3 saturated heterocycles. The number of nitrogens with zero attached hydrogens (tertiary/aromatic N) is 2. The normalized spacial score (nSPS) is 33.2. The molecule has 3 aliphatic heterocycles. The molecule has 2 bridgehead atoms. The van der Waals surface area contributed by atoms with Crippen LogP contribution in [0.25, 0.3) is 0 Å². The largest absolute Gasteiger partial charge is 0.365 e. The van der Waals surface area contributed by atoms with Crippen LogP contribution in [0.2, 0.25) is 0 Å². The third-order valence-corrected chi connectivity index (χ3v) is 7.79. The Kier molecular flexibility index (Phi) is 4.01. The van der Waals surface area contributed by atoms with Crippen molar-refractivity contribution in [3.05, 3.63) is 35.9 Å². The lowest BCUT2D eigenvalue weighted by atomic mass is 9.99. The summed E-state index contributed by atoms with van der Waals surface area (Å²) in [6.07, 6.45) is 1.05. The lowest BCUT2D eigenvalue weighted by Crippen LogP contribution is -2.58. The van der Waals surface area contributed by atoms with Gasteiger partial charge in [0.2, 0.25) is 10.0 Å². The maximum Gasteiger partial charge on any atom is 0.317 e. The van der Waals surface area contributed by atoms with Crippen LogP contribution in [0, 0.1) is 0 Å². The summed E-state index contributed by atoms with van der Waals surface area (Å²) in [5.41, 5.74) is 0.403. The third kappa shape index (κ3) is 2.82. The molecule has 3 atom stereocenters. The fourth-order valence-corrected chi connectivity index (χ4v) is 6.32. The molecule has 25 heavy (non-hydrogen) atoms. The molecule has 4 rings (SSSR count). The Bertz CT molecular complexity index is 769. The summed E-state index contributed by atoms with van der Waals surface area (Å²) in [4.78, 5) is 14.2. The first-order chi connectivity index (χ1) is 11.9. The minimum atomic E-state index is -3.32. The number of carbonyl (C=O) groups is 1. The second-order valence-corrected chi connectivity index (χ2v) is 9.40. The summed E-state index contributed by atoms with van der Waals surface area (Å²) < 4.78 is 32.3. The van der Waals surface area contributed by atoms with Gasteiger partial charge in [0.15, 0.2) is 0 Å². The van der Waals surface area contributed by atoms with Crippen LogP contribution in [0.4, 0.5) is 4.79 Å². The molecule has 0 aliphatic carbocycles. The first kappa shape index (κ1) is 16.8. The molecule has 0 radical (unpaired) electrons. The number of sulfonamides is 1. The number of fused-ring (bicyclic) bond motifs is 1. The van der Waals surface area contributed by atoms with Gasteiger partial charge >= 0.3 is 6.03 Å². The predicted octanol–water partition coefficient (Wildman–Crippen LogP) is 0.426. The van der Waals surface area contributed by atoms with Crippen LogP contribution in [-0.2, 0) is 21.2 Å². The van der Waals surface area contributed by atoms with Gasteiger partial charge in [0.1, 0.15) is 10.9 Å². The van der Waals surface area contributed by atoms with Crippen molar-refractivity contribution in [2.45, 2.75) is 29.8 Å². The highest BCUT2D eigenvalue weighted by Crippen LogP contribution is 2.45. The molecule has 1 spiro atoms. The average molecular weight is 365 g/mol. The van der Waals surface area contributed by atoms with E-state index in [1.807, 2.05) is 30.3 Å². The second kappa shape index (κ2) is 5.96. The number of ether oxygens (including phenoxy) is 1. The molecule has 3 fully saturated rings. The molecule has 2 amide bonds. The summed E-state index contributed by atoms with van der Waals surface area (Å²) in [5, 5.41) is 2.42. The summed E-state index contributed by atoms with van der Waals surface area (Å²) in [6, 6.07) is 9.85. The maximum absolute atomic E-state index is 12.5. The Morgan fingerprint density at radius 2 is 2.08 bits per heavy atom. The maximum atomic E-state index is 12.5. The molecule has 1 aromatic carbocycles. The third-order valence-electron chi connectivity index (χ3n) is 5.45. The van der Waals surface area contributed by atoms with Crippen molar-refractivity contribution in [2.75, 3.05) is 33.2 Å². The number of likely N-dealkylation sites (N-methyl/N-ethyl adjacent to an activating group) is 1. The topological polar surface area (TPSA) is 79.0 Å². The number of urea groups is 1. The number of hydrogen-bond donors (Lipinski definition) is 1. The van der Waals surface area contributed by atoms with Gasteiger partial charge in [-0.15, -0.1) is 0 Å². The Balaban J connectivity index is 1.39. The molecular weight excluding hydrogens is 342 g/mol. The highest BCUT2D eigenvalue weighted by Gasteiger charge is 2.64. The van der Waals surface area contributed by atoms with E-state index < -0.39 is 20.9 Å². The number of morpholine rings is 1. The van der Waals surface area contributed by atoms with Gasteiger partial charge in [-0.3, -0.25) is 0 Å². The average Bonchev–Trinajstić information content (AvgIpc) is 2.94. The molecule has 3 aliphatic rings. The zero-order valence-electron chi connectivity index (χ0n) is 14.2. The lowest BCUT2D eigenvalue weighted by molar-refractivity contribution is -0.0943. The number of likely N-dealkylation sites (tertiary alicyclic amines) is 1. The molecule has 8 heteroatoms. The minimum Gasteiger partial charge on any atom is -0.365 e. The summed E-state index contributed by atoms with van der Waals surface area (Å²) in [6.45, 7) is 1.66. The Morgan fingerprint density at radius 1 is 1.32 bits per heavy atom. The minimum absolute atomic E-state index is 0.142. The monoisotopic (exact) mass is 365 g/mol. The highest BCUT2D eigenvalue weighted by molar-refractivity contribution is 7.90. The molecule has 3 heterocycles. The predicted molar refractivity (Wildman–Crippen MR) is 92.7 cm³/mol. The Labute approximate surface area is 148 Å². The van der Waals surface area contributed by atoms with Crippen molar-refractivity contribution >= 4 is 16.1 Å². The van der Waals surface area contributed by atoms with E-state index in [1.54, 1.807) is 11.9 Å². The highest BCUT2D eigenvalue weighted by atomic mass is 32.2. The van der Waals surface area contributed by atoms with E-state index in [9.17, 15) is 13.2 Å². The summed E-state index contributed by atoms with van der Waals surface area (Å²) in [7, 11) is -1.74. The number of carbonyl (C=O) groups excluding carboxylic acids is 1. The first-order valence-electron chi connectivity index (χ1n) is 8.60. The Morgan fingerprint density at radius 3 is 2.84 bits per heavy atom. The fraction of sp³-hybridized carbons (Fsp3) is 0.588. The smallest absolute Gasteiger partial charge is 0.317 e. The van der Waals surface area contributed by atoms with E-state index in [1.165, 1.54) is 9.87 Å². The van der Waals surface area contributed by atoms with Crippen LogP contribution >= 0.6 is 0 Å². The van der Waals surface area contributed by atoms with Gasteiger partial charge in [-0.1, -0.05) is 30.3 Å². The van der Waals surface area contributed by atoms with Gasteiger partial charge < -0.3 is 15.0 Å². The lowest BCUT2D eigenvalue weighted by Gasteiger charge is -2.39. The van der Waals surface area contributed by atoms with Crippen LogP contribution in [0.3, 0.4) is 0 Å². The van der Waals surface area contributed by atoms with Gasteiger partial charge in [0.25, 0.3) is 0 Å². The van der Waals surface area contributed by atoms with Gasteiger partial charge in [-0.2, -0.15) is 0 Å². The van der Waals surface area contributed by atoms with Crippen molar-refractivity contribution in [3.63, 3.8) is 0 Å². The van der Waals surface area contributed by atoms with E-state index in [0.717, 1.165) is 6.42 Å². The van der Waals surface area contributed by atoms with E-state index in [4.69, 9.17) is 4.74 Å². The number of benzene rings is 1. The fourth-order valence-electron chi connectivity index (χ4n) is 4.28. The standard InChI is InChI=1S/C17H23N3O4S/c1-19-11-17-12-20(10-14(24-17)9-15(17)25(19,22)23)16(21)18-8-7-13-5-3-2-4-6-13/h2-6,14-15H,7-12H2,1H3,(H,18,21)/t14-,15+,17-/m1/s1. The van der Waals surface area contributed by atoms with Crippen LogP contribution in [-0.4, -0.2) is 73.8 Å². The Hall–Kier alpha value is -1.64. The van der Waals surface area contributed by atoms with E-state index in [-0.39, 0.29) is 12.1 Å². The van der Waals surface area contributed by atoms with Gasteiger partial charge in [-0.25, -0.2) is 17.5 Å². The van der Waals surface area contributed by atoms with Crippen molar-refractivity contribution in [1.82, 2.24) is 14.5 Å². The van der Waals surface area contributed by atoms with Crippen LogP contribution < -0.4 is 5.32 Å². The molecule has 1 aromatic rings. The number of hydrogen-bond acceptors (Lipinski definition) is 4. The van der Waals surface area contributed by atoms with E-state index in [2.05, 4.69) is 5.32 Å². The summed E-state index contributed by atoms with van der Waals surface area (Å²) >= 11 is 0. The molecule has 0 saturated carbocycles. The number of rotatable bonds is 3. The quantitative estimate of drug-likeness (QED) is 0.842.